The lowest BCUT2D eigenvalue weighted by Gasteiger charge is -2.49. The van der Waals surface area contributed by atoms with Crippen molar-refractivity contribution < 1.29 is 36.5 Å². The van der Waals surface area contributed by atoms with Crippen molar-refractivity contribution in [3.63, 3.8) is 0 Å². The van der Waals surface area contributed by atoms with E-state index in [2.05, 4.69) is 4.74 Å². The van der Waals surface area contributed by atoms with E-state index in [0.29, 0.717) is 12.8 Å². The molecule has 0 aromatic heterocycles. The van der Waals surface area contributed by atoms with Crippen molar-refractivity contribution in [2.75, 3.05) is 0 Å². The number of hydrogen-bond acceptors (Lipinski definition) is 3. The van der Waals surface area contributed by atoms with Gasteiger partial charge in [0.2, 0.25) is 0 Å². The highest BCUT2D eigenvalue weighted by atomic mass is 19.4. The summed E-state index contributed by atoms with van der Waals surface area (Å²) < 4.78 is 78.2. The average molecular weight is 344 g/mol. The Labute approximate surface area is 131 Å². The summed E-state index contributed by atoms with van der Waals surface area (Å²) in [4.78, 5) is 0. The molecule has 1 N–H and O–H groups in total. The van der Waals surface area contributed by atoms with Gasteiger partial charge in [-0.25, -0.2) is 0 Å². The Kier molecular flexibility index (Phi) is 4.17. The molecule has 2 saturated carbocycles. The maximum Gasteiger partial charge on any atom is 0.449 e. The molecule has 3 rings (SSSR count). The normalized spacial score (nSPS) is 46.3. The van der Waals surface area contributed by atoms with Crippen molar-refractivity contribution >= 4 is 0 Å². The van der Waals surface area contributed by atoms with Crippen LogP contribution in [0.3, 0.4) is 0 Å². The summed E-state index contributed by atoms with van der Waals surface area (Å²) in [5.41, 5.74) is 0. The molecule has 8 heteroatoms. The SMILES string of the molecule is CCCC1OC(C2CC3CCC2C3)C(F)(F)C(O)(C(F)(F)F)O1. The summed E-state index contributed by atoms with van der Waals surface area (Å²) in [6.45, 7) is 1.68. The first-order valence-electron chi connectivity index (χ1n) is 8.10. The molecule has 3 aliphatic rings. The summed E-state index contributed by atoms with van der Waals surface area (Å²) in [6.07, 6.45) is -5.78. The van der Waals surface area contributed by atoms with E-state index < -0.39 is 36.2 Å². The van der Waals surface area contributed by atoms with Crippen LogP contribution in [0.5, 0.6) is 0 Å². The van der Waals surface area contributed by atoms with Crippen LogP contribution in [0.25, 0.3) is 0 Å². The smallest absolute Gasteiger partial charge is 0.354 e. The molecule has 0 spiro atoms. The van der Waals surface area contributed by atoms with Crippen LogP contribution >= 0.6 is 0 Å². The molecule has 1 heterocycles. The van der Waals surface area contributed by atoms with Gasteiger partial charge in [-0.05, 0) is 43.4 Å². The molecule has 2 aliphatic carbocycles. The van der Waals surface area contributed by atoms with Gasteiger partial charge >= 0.3 is 17.9 Å². The van der Waals surface area contributed by atoms with E-state index in [1.807, 2.05) is 0 Å². The molecule has 134 valence electrons. The van der Waals surface area contributed by atoms with Gasteiger partial charge in [0.05, 0.1) is 0 Å². The summed E-state index contributed by atoms with van der Waals surface area (Å²) in [5.74, 6) is -9.49. The van der Waals surface area contributed by atoms with Crippen LogP contribution in [0.15, 0.2) is 0 Å². The fraction of sp³-hybridized carbons (Fsp3) is 1.00. The van der Waals surface area contributed by atoms with E-state index >= 15 is 0 Å². The van der Waals surface area contributed by atoms with Gasteiger partial charge in [0.1, 0.15) is 6.10 Å². The maximum atomic E-state index is 14.6. The Balaban J connectivity index is 1.93. The van der Waals surface area contributed by atoms with E-state index in [1.165, 1.54) is 0 Å². The minimum atomic E-state index is -5.60. The van der Waals surface area contributed by atoms with Crippen molar-refractivity contribution in [2.45, 2.75) is 75.7 Å². The van der Waals surface area contributed by atoms with Gasteiger partial charge in [-0.15, -0.1) is 0 Å². The Morgan fingerprint density at radius 1 is 1.17 bits per heavy atom. The minimum absolute atomic E-state index is 0.0196. The summed E-state index contributed by atoms with van der Waals surface area (Å²) in [6, 6.07) is 0. The molecule has 1 saturated heterocycles. The van der Waals surface area contributed by atoms with Crippen LogP contribution < -0.4 is 0 Å². The first-order chi connectivity index (χ1) is 10.6. The lowest BCUT2D eigenvalue weighted by molar-refractivity contribution is -0.508. The molecule has 3 fully saturated rings. The van der Waals surface area contributed by atoms with Crippen LogP contribution in [0.2, 0.25) is 0 Å². The van der Waals surface area contributed by atoms with Gasteiger partial charge in [-0.2, -0.15) is 22.0 Å². The Morgan fingerprint density at radius 2 is 1.87 bits per heavy atom. The molecule has 1 aliphatic heterocycles. The van der Waals surface area contributed by atoms with E-state index in [9.17, 15) is 27.1 Å². The van der Waals surface area contributed by atoms with Crippen molar-refractivity contribution in [1.29, 1.82) is 0 Å². The molecule has 2 bridgehead atoms. The molecule has 0 amide bonds. The van der Waals surface area contributed by atoms with Crippen molar-refractivity contribution in [2.24, 2.45) is 17.8 Å². The summed E-state index contributed by atoms with van der Waals surface area (Å²) in [7, 11) is 0. The number of rotatable bonds is 3. The molecule has 0 aromatic rings. The number of alkyl halides is 5. The largest absolute Gasteiger partial charge is 0.449 e. The topological polar surface area (TPSA) is 38.7 Å². The van der Waals surface area contributed by atoms with Crippen LogP contribution in [0.4, 0.5) is 22.0 Å². The second-order valence-electron chi connectivity index (χ2n) is 7.00. The predicted molar refractivity (Wildman–Crippen MR) is 69.5 cm³/mol. The van der Waals surface area contributed by atoms with Crippen LogP contribution in [-0.4, -0.2) is 35.4 Å². The highest BCUT2D eigenvalue weighted by Crippen LogP contribution is 2.57. The van der Waals surface area contributed by atoms with E-state index in [1.54, 1.807) is 6.92 Å². The molecule has 6 unspecified atom stereocenters. The molecule has 3 nitrogen and oxygen atoms in total. The Morgan fingerprint density at radius 3 is 2.35 bits per heavy atom. The number of aliphatic hydroxyl groups is 1. The second-order valence-corrected chi connectivity index (χ2v) is 7.00. The number of hydrogen-bond donors (Lipinski definition) is 1. The zero-order valence-corrected chi connectivity index (χ0v) is 12.8. The third kappa shape index (κ3) is 2.57. The van der Waals surface area contributed by atoms with Gasteiger partial charge in [0.15, 0.2) is 6.29 Å². The third-order valence-electron chi connectivity index (χ3n) is 5.50. The van der Waals surface area contributed by atoms with Crippen molar-refractivity contribution in [3.8, 4) is 0 Å². The van der Waals surface area contributed by atoms with Gasteiger partial charge < -0.3 is 14.6 Å². The number of ether oxygens (including phenoxy) is 2. The summed E-state index contributed by atoms with van der Waals surface area (Å²) in [5, 5.41) is 9.76. The fourth-order valence-corrected chi connectivity index (χ4v) is 4.39. The molecular weight excluding hydrogens is 323 g/mol. The maximum absolute atomic E-state index is 14.6. The molecule has 6 atom stereocenters. The Hall–Kier alpha value is -0.470. The second kappa shape index (κ2) is 5.52. The molecule has 23 heavy (non-hydrogen) atoms. The highest BCUT2D eigenvalue weighted by molar-refractivity contribution is 5.06. The van der Waals surface area contributed by atoms with Crippen molar-refractivity contribution in [1.82, 2.24) is 0 Å². The Bertz CT molecular complexity index is 455. The average Bonchev–Trinajstić information content (AvgIpc) is 3.04. The van der Waals surface area contributed by atoms with Crippen molar-refractivity contribution in [3.05, 3.63) is 0 Å². The fourth-order valence-electron chi connectivity index (χ4n) is 4.39. The third-order valence-corrected chi connectivity index (χ3v) is 5.50. The first kappa shape index (κ1) is 17.4. The van der Waals surface area contributed by atoms with Crippen LogP contribution in [0.1, 0.15) is 45.4 Å². The minimum Gasteiger partial charge on any atom is -0.354 e. The molecule has 0 aromatic carbocycles. The molecule has 0 radical (unpaired) electrons. The first-order valence-corrected chi connectivity index (χ1v) is 8.10. The zero-order chi connectivity index (χ0) is 17.0. The van der Waals surface area contributed by atoms with Gasteiger partial charge in [-0.3, -0.25) is 0 Å². The lowest BCUT2D eigenvalue weighted by Crippen LogP contribution is -2.71. The lowest BCUT2D eigenvalue weighted by atomic mass is 9.79. The van der Waals surface area contributed by atoms with Gasteiger partial charge in [0, 0.05) is 0 Å². The van der Waals surface area contributed by atoms with Gasteiger partial charge in [-0.1, -0.05) is 19.8 Å². The zero-order valence-electron chi connectivity index (χ0n) is 12.8. The predicted octanol–water partition coefficient (Wildman–Crippen LogP) is 3.85. The van der Waals surface area contributed by atoms with Crippen LogP contribution in [-0.2, 0) is 9.47 Å². The number of halogens is 5. The molecular formula is C15H21F5O3. The van der Waals surface area contributed by atoms with E-state index in [0.717, 1.165) is 19.3 Å². The van der Waals surface area contributed by atoms with E-state index in [4.69, 9.17) is 4.74 Å². The number of fused-ring (bicyclic) bond motifs is 2. The highest BCUT2D eigenvalue weighted by Gasteiger charge is 2.78. The van der Waals surface area contributed by atoms with Gasteiger partial charge in [0.25, 0.3) is 0 Å². The monoisotopic (exact) mass is 344 g/mol. The van der Waals surface area contributed by atoms with E-state index in [-0.39, 0.29) is 18.3 Å². The summed E-state index contributed by atoms with van der Waals surface area (Å²) >= 11 is 0. The quantitative estimate of drug-likeness (QED) is 0.791. The standard InChI is InChI=1S/C15H21F5O3/c1-2-3-11-22-12(10-7-8-4-5-9(10)6-8)13(16,17)14(21,23-11)15(18,19)20/h8-12,21H,2-7H2,1H3. The van der Waals surface area contributed by atoms with Crippen LogP contribution in [0, 0.1) is 17.8 Å².